The molecule has 1 fully saturated rings. The van der Waals surface area contributed by atoms with Gasteiger partial charge in [0.1, 0.15) is 5.75 Å². The number of benzene rings is 2. The Balaban J connectivity index is 1.95. The maximum Gasteiger partial charge on any atom is 0.333 e. The second-order valence-corrected chi connectivity index (χ2v) is 9.68. The second kappa shape index (κ2) is 7.51. The Morgan fingerprint density at radius 2 is 1.54 bits per heavy atom. The number of sulfone groups is 1. The van der Waals surface area contributed by atoms with Gasteiger partial charge in [0.15, 0.2) is 20.4 Å². The molecule has 1 aliphatic carbocycles. The molecule has 1 saturated carbocycles. The van der Waals surface area contributed by atoms with E-state index < -0.39 is 20.6 Å². The number of hydrogen-bond acceptors (Lipinski definition) is 5. The lowest BCUT2D eigenvalue weighted by atomic mass is 10.1. The normalized spacial score (nSPS) is 16.0. The van der Waals surface area contributed by atoms with Gasteiger partial charge in [0.25, 0.3) is 0 Å². The number of ether oxygens (including phenoxy) is 1. The molecule has 0 atom stereocenters. The number of carbonyl (C=O) groups is 2. The zero-order valence-electron chi connectivity index (χ0n) is 16.3. The van der Waals surface area contributed by atoms with Gasteiger partial charge in [-0.05, 0) is 81.1 Å². The molecule has 0 radical (unpaired) electrons. The summed E-state index contributed by atoms with van der Waals surface area (Å²) >= 11 is 0. The Bertz CT molecular complexity index is 1010. The molecule has 1 aliphatic rings. The summed E-state index contributed by atoms with van der Waals surface area (Å²) in [7, 11) is -3.91. The summed E-state index contributed by atoms with van der Waals surface area (Å²) in [5.41, 5.74) is 2.35. The van der Waals surface area contributed by atoms with Crippen molar-refractivity contribution in [2.45, 2.75) is 56.1 Å². The standard InChI is InChI=1S/C22H24O5S/c1-15-6-11-20(14-16(15)2)28(25,26)22(12-4-5-13-22)21(24)27-19-9-7-18(8-10-19)17(3)23/h6-11,14H,4-5,12-13H2,1-3H3. The van der Waals surface area contributed by atoms with E-state index >= 15 is 0 Å². The van der Waals surface area contributed by atoms with Crippen molar-refractivity contribution in [1.29, 1.82) is 0 Å². The van der Waals surface area contributed by atoms with Gasteiger partial charge < -0.3 is 4.74 Å². The second-order valence-electron chi connectivity index (χ2n) is 7.42. The molecule has 0 spiro atoms. The van der Waals surface area contributed by atoms with Crippen LogP contribution < -0.4 is 4.74 Å². The minimum absolute atomic E-state index is 0.0949. The van der Waals surface area contributed by atoms with Gasteiger partial charge in [-0.1, -0.05) is 18.9 Å². The Morgan fingerprint density at radius 1 is 0.929 bits per heavy atom. The molecule has 0 unspecified atom stereocenters. The molecular weight excluding hydrogens is 376 g/mol. The third kappa shape index (κ3) is 3.49. The van der Waals surface area contributed by atoms with Crippen molar-refractivity contribution >= 4 is 21.6 Å². The Hall–Kier alpha value is -2.47. The minimum Gasteiger partial charge on any atom is -0.425 e. The van der Waals surface area contributed by atoms with Gasteiger partial charge in [0, 0.05) is 5.56 Å². The molecule has 5 nitrogen and oxygen atoms in total. The summed E-state index contributed by atoms with van der Waals surface area (Å²) in [6.07, 6.45) is 1.80. The monoisotopic (exact) mass is 400 g/mol. The van der Waals surface area contributed by atoms with E-state index in [1.807, 2.05) is 13.8 Å². The SMILES string of the molecule is CC(=O)c1ccc(OC(=O)C2(S(=O)(=O)c3ccc(C)c(C)c3)CCCC2)cc1. The molecule has 0 bridgehead atoms. The van der Waals surface area contributed by atoms with Crippen LogP contribution in [0, 0.1) is 13.8 Å². The molecule has 28 heavy (non-hydrogen) atoms. The quantitative estimate of drug-likeness (QED) is 0.427. The minimum atomic E-state index is -3.91. The first-order valence-corrected chi connectivity index (χ1v) is 10.8. The van der Waals surface area contributed by atoms with Crippen molar-refractivity contribution < 1.29 is 22.7 Å². The number of hydrogen-bond donors (Lipinski definition) is 0. The third-order valence-corrected chi connectivity index (χ3v) is 8.04. The van der Waals surface area contributed by atoms with Crippen LogP contribution in [-0.2, 0) is 14.6 Å². The average Bonchev–Trinajstić information content (AvgIpc) is 3.16. The number of aryl methyl sites for hydroxylation is 2. The van der Waals surface area contributed by atoms with Gasteiger partial charge in [0.05, 0.1) is 4.90 Å². The van der Waals surface area contributed by atoms with Crippen molar-refractivity contribution in [2.24, 2.45) is 0 Å². The van der Waals surface area contributed by atoms with E-state index in [9.17, 15) is 18.0 Å². The molecular formula is C22H24O5S. The van der Waals surface area contributed by atoms with E-state index in [-0.39, 0.29) is 29.3 Å². The van der Waals surface area contributed by atoms with Crippen molar-refractivity contribution in [3.63, 3.8) is 0 Å². The number of esters is 1. The third-order valence-electron chi connectivity index (χ3n) is 5.56. The molecule has 0 aliphatic heterocycles. The molecule has 3 rings (SSSR count). The maximum atomic E-state index is 13.4. The first-order chi connectivity index (χ1) is 13.2. The van der Waals surface area contributed by atoms with E-state index in [0.717, 1.165) is 11.1 Å². The Labute approximate surface area is 165 Å². The first kappa shape index (κ1) is 20.3. The van der Waals surface area contributed by atoms with Crippen LogP contribution in [0.2, 0.25) is 0 Å². The van der Waals surface area contributed by atoms with Gasteiger partial charge in [-0.25, -0.2) is 13.2 Å². The molecule has 148 valence electrons. The number of ketones is 1. The molecule has 0 saturated heterocycles. The Morgan fingerprint density at radius 3 is 2.07 bits per heavy atom. The summed E-state index contributed by atoms with van der Waals surface area (Å²) in [6, 6.07) is 11.1. The smallest absolute Gasteiger partial charge is 0.333 e. The van der Waals surface area contributed by atoms with E-state index in [1.54, 1.807) is 30.3 Å². The Kier molecular flexibility index (Phi) is 5.44. The molecule has 0 N–H and O–H groups in total. The molecule has 0 heterocycles. The zero-order chi connectivity index (χ0) is 20.5. The summed E-state index contributed by atoms with van der Waals surface area (Å²) in [4.78, 5) is 24.6. The zero-order valence-corrected chi connectivity index (χ0v) is 17.1. The summed E-state index contributed by atoms with van der Waals surface area (Å²) in [5, 5.41) is 0. The van der Waals surface area contributed by atoms with Crippen molar-refractivity contribution in [3.05, 3.63) is 59.2 Å². The highest BCUT2D eigenvalue weighted by Gasteiger charge is 2.54. The van der Waals surface area contributed by atoms with E-state index in [1.165, 1.54) is 19.1 Å². The molecule has 2 aromatic rings. The molecule has 0 aromatic heterocycles. The fourth-order valence-corrected chi connectivity index (χ4v) is 5.71. The van der Waals surface area contributed by atoms with E-state index in [4.69, 9.17) is 4.74 Å². The van der Waals surface area contributed by atoms with Crippen LogP contribution in [0.25, 0.3) is 0 Å². The average molecular weight is 400 g/mol. The van der Waals surface area contributed by atoms with Crippen LogP contribution in [0.4, 0.5) is 0 Å². The van der Waals surface area contributed by atoms with Gasteiger partial charge in [-0.3, -0.25) is 4.79 Å². The van der Waals surface area contributed by atoms with Gasteiger partial charge in [0.2, 0.25) is 0 Å². The fraction of sp³-hybridized carbons (Fsp3) is 0.364. The number of carbonyl (C=O) groups excluding carboxylic acids is 2. The van der Waals surface area contributed by atoms with Gasteiger partial charge in [-0.2, -0.15) is 0 Å². The van der Waals surface area contributed by atoms with Crippen LogP contribution in [0.15, 0.2) is 47.4 Å². The van der Waals surface area contributed by atoms with Crippen molar-refractivity contribution in [3.8, 4) is 5.75 Å². The number of rotatable bonds is 5. The van der Waals surface area contributed by atoms with Gasteiger partial charge in [-0.15, -0.1) is 0 Å². The van der Waals surface area contributed by atoms with E-state index in [2.05, 4.69) is 0 Å². The lowest BCUT2D eigenvalue weighted by Gasteiger charge is -2.26. The van der Waals surface area contributed by atoms with E-state index in [0.29, 0.717) is 18.4 Å². The lowest BCUT2D eigenvalue weighted by Crippen LogP contribution is -2.46. The van der Waals surface area contributed by atoms with Crippen LogP contribution in [0.5, 0.6) is 5.75 Å². The predicted octanol–water partition coefficient (Wildman–Crippen LogP) is 4.20. The molecule has 6 heteroatoms. The van der Waals surface area contributed by atoms with Crippen molar-refractivity contribution in [1.82, 2.24) is 0 Å². The molecule has 2 aromatic carbocycles. The van der Waals surface area contributed by atoms with Crippen LogP contribution >= 0.6 is 0 Å². The van der Waals surface area contributed by atoms with Crippen LogP contribution in [-0.4, -0.2) is 24.9 Å². The first-order valence-electron chi connectivity index (χ1n) is 9.32. The molecule has 0 amide bonds. The highest BCUT2D eigenvalue weighted by Crippen LogP contribution is 2.42. The largest absolute Gasteiger partial charge is 0.425 e. The lowest BCUT2D eigenvalue weighted by molar-refractivity contribution is -0.137. The fourth-order valence-electron chi connectivity index (χ4n) is 3.59. The topological polar surface area (TPSA) is 77.5 Å². The summed E-state index contributed by atoms with van der Waals surface area (Å²) < 4.78 is 30.8. The highest BCUT2D eigenvalue weighted by molar-refractivity contribution is 7.93. The maximum absolute atomic E-state index is 13.4. The highest BCUT2D eigenvalue weighted by atomic mass is 32.2. The van der Waals surface area contributed by atoms with Crippen molar-refractivity contribution in [2.75, 3.05) is 0 Å². The summed E-state index contributed by atoms with van der Waals surface area (Å²) in [5.74, 6) is -0.613. The number of Topliss-reactive ketones (excluding diaryl/α,β-unsaturated/α-hetero) is 1. The summed E-state index contributed by atoms with van der Waals surface area (Å²) in [6.45, 7) is 5.21. The predicted molar refractivity (Wildman–Crippen MR) is 106 cm³/mol. The van der Waals surface area contributed by atoms with Crippen LogP contribution in [0.1, 0.15) is 54.1 Å². The van der Waals surface area contributed by atoms with Gasteiger partial charge >= 0.3 is 5.97 Å². The van der Waals surface area contributed by atoms with Crippen LogP contribution in [0.3, 0.4) is 0 Å².